The average molecular weight is 212 g/mol. The zero-order valence-corrected chi connectivity index (χ0v) is 7.44. The van der Waals surface area contributed by atoms with E-state index in [4.69, 9.17) is 0 Å². The quantitative estimate of drug-likeness (QED) is 0.681. The molecule has 0 fully saturated rings. The summed E-state index contributed by atoms with van der Waals surface area (Å²) in [6.07, 6.45) is 0. The number of carbonyl (C=O) groups excluding carboxylic acids is 1. The fraction of sp³-hybridized carbons (Fsp3) is 0. The van der Waals surface area contributed by atoms with Gasteiger partial charge in [0.25, 0.3) is 0 Å². The molecule has 0 aliphatic heterocycles. The summed E-state index contributed by atoms with van der Waals surface area (Å²) in [5.74, 6) is -0.527. The van der Waals surface area contributed by atoms with Crippen molar-refractivity contribution >= 4 is 22.0 Å². The number of benzene rings is 1. The van der Waals surface area contributed by atoms with Crippen LogP contribution >= 0.6 is 0 Å². The molecular weight excluding hydrogens is 207 g/mol. The minimum atomic E-state index is -1.54. The Morgan fingerprint density at radius 2 is 1.91 bits per heavy atom. The fourth-order valence-electron chi connectivity index (χ4n) is 0.661. The summed E-state index contributed by atoms with van der Waals surface area (Å²) in [7, 11) is 0. The topological polar surface area (TPSA) is 43.4 Å². The molecule has 11 heavy (non-hydrogen) atoms. The van der Waals surface area contributed by atoms with Crippen molar-refractivity contribution in [3.8, 4) is 0 Å². The summed E-state index contributed by atoms with van der Waals surface area (Å²) in [4.78, 5) is 10.8. The van der Waals surface area contributed by atoms with Gasteiger partial charge in [-0.2, -0.15) is 0 Å². The molecule has 0 amide bonds. The molecular formula is C7H5AsO3. The second kappa shape index (κ2) is 4.04. The van der Waals surface area contributed by atoms with Gasteiger partial charge in [0.15, 0.2) is 0 Å². The van der Waals surface area contributed by atoms with E-state index >= 15 is 0 Å². The van der Waals surface area contributed by atoms with Gasteiger partial charge in [-0.3, -0.25) is 0 Å². The number of carbonyl (C=O) groups is 1. The Hall–Kier alpha value is -0.952. The zero-order valence-electron chi connectivity index (χ0n) is 5.56. The van der Waals surface area contributed by atoms with E-state index in [1.807, 2.05) is 0 Å². The molecule has 0 aliphatic rings. The van der Waals surface area contributed by atoms with Crippen molar-refractivity contribution in [2.24, 2.45) is 0 Å². The minimum absolute atomic E-state index is 0.429. The molecule has 0 bridgehead atoms. The van der Waals surface area contributed by atoms with Crippen molar-refractivity contribution in [2.75, 3.05) is 0 Å². The van der Waals surface area contributed by atoms with Crippen LogP contribution in [0.3, 0.4) is 0 Å². The first-order valence-corrected chi connectivity index (χ1v) is 4.47. The summed E-state index contributed by atoms with van der Waals surface area (Å²) in [6.45, 7) is 0. The summed E-state index contributed by atoms with van der Waals surface area (Å²) < 4.78 is 14.3. The molecule has 0 unspecified atom stereocenters. The molecule has 56 valence electrons. The van der Waals surface area contributed by atoms with Crippen LogP contribution in [0.1, 0.15) is 10.4 Å². The normalized spacial score (nSPS) is 9.45. The molecule has 1 aromatic carbocycles. The predicted molar refractivity (Wildman–Crippen MR) is 38.3 cm³/mol. The molecule has 0 radical (unpaired) electrons. The van der Waals surface area contributed by atoms with E-state index in [-0.39, 0.29) is 0 Å². The Balaban J connectivity index is 2.77. The van der Waals surface area contributed by atoms with E-state index in [1.54, 1.807) is 30.3 Å². The van der Waals surface area contributed by atoms with Crippen LogP contribution in [-0.2, 0) is 7.47 Å². The molecule has 0 heterocycles. The van der Waals surface area contributed by atoms with E-state index < -0.39 is 22.0 Å². The molecule has 0 saturated heterocycles. The van der Waals surface area contributed by atoms with Crippen molar-refractivity contribution in [2.45, 2.75) is 0 Å². The Morgan fingerprint density at radius 1 is 1.27 bits per heavy atom. The van der Waals surface area contributed by atoms with Crippen LogP contribution in [0.25, 0.3) is 0 Å². The van der Waals surface area contributed by atoms with E-state index in [2.05, 4.69) is 3.73 Å². The van der Waals surface area contributed by atoms with Crippen LogP contribution in [0, 0.1) is 0 Å². The van der Waals surface area contributed by atoms with Crippen molar-refractivity contribution in [1.82, 2.24) is 0 Å². The molecule has 1 rings (SSSR count). The van der Waals surface area contributed by atoms with Gasteiger partial charge in [-0.25, -0.2) is 0 Å². The molecule has 0 saturated carbocycles. The summed E-state index contributed by atoms with van der Waals surface area (Å²) in [5.41, 5.74) is 0.429. The summed E-state index contributed by atoms with van der Waals surface area (Å²) >= 11 is -1.54. The van der Waals surface area contributed by atoms with E-state index in [1.165, 1.54) is 0 Å². The van der Waals surface area contributed by atoms with Gasteiger partial charge < -0.3 is 0 Å². The fourth-order valence-corrected chi connectivity index (χ4v) is 1.02. The Morgan fingerprint density at radius 3 is 2.45 bits per heavy atom. The van der Waals surface area contributed by atoms with Gasteiger partial charge in [0.05, 0.1) is 0 Å². The van der Waals surface area contributed by atoms with E-state index in [0.29, 0.717) is 5.56 Å². The first-order valence-electron chi connectivity index (χ1n) is 2.93. The van der Waals surface area contributed by atoms with Gasteiger partial charge in [-0.05, 0) is 0 Å². The zero-order chi connectivity index (χ0) is 8.10. The molecule has 0 aliphatic carbocycles. The third-order valence-electron chi connectivity index (χ3n) is 1.13. The molecule has 1 aromatic rings. The molecule has 3 nitrogen and oxygen atoms in total. The van der Waals surface area contributed by atoms with Crippen LogP contribution in [0.5, 0.6) is 0 Å². The molecule has 0 spiro atoms. The summed E-state index contributed by atoms with van der Waals surface area (Å²) in [5, 5.41) is 0. The number of hydrogen-bond donors (Lipinski definition) is 0. The van der Waals surface area contributed by atoms with Crippen molar-refractivity contribution in [1.29, 1.82) is 0 Å². The predicted octanol–water partition coefficient (Wildman–Crippen LogP) is 0.808. The Kier molecular flexibility index (Phi) is 2.99. The van der Waals surface area contributed by atoms with Crippen LogP contribution in [0.2, 0.25) is 0 Å². The van der Waals surface area contributed by atoms with Crippen molar-refractivity contribution in [3.05, 3.63) is 35.9 Å². The summed E-state index contributed by atoms with van der Waals surface area (Å²) in [6, 6.07) is 8.45. The van der Waals surface area contributed by atoms with Gasteiger partial charge in [0.2, 0.25) is 0 Å². The first-order chi connectivity index (χ1) is 5.34. The standard InChI is InChI=1S/C7H5AsO3/c9-7(11-8-10)6-4-2-1-3-5-6/h1-5H. The second-order valence-electron chi connectivity index (χ2n) is 1.82. The van der Waals surface area contributed by atoms with Crippen LogP contribution in [-0.4, -0.2) is 22.0 Å². The van der Waals surface area contributed by atoms with E-state index in [0.717, 1.165) is 0 Å². The molecule has 4 heteroatoms. The second-order valence-corrected chi connectivity index (χ2v) is 2.52. The average Bonchev–Trinajstić information content (AvgIpc) is 2.07. The van der Waals surface area contributed by atoms with Crippen molar-refractivity contribution < 1.29 is 12.3 Å². The molecule has 0 N–H and O–H groups in total. The van der Waals surface area contributed by atoms with Crippen LogP contribution in [0.4, 0.5) is 0 Å². The van der Waals surface area contributed by atoms with Gasteiger partial charge in [0, 0.05) is 0 Å². The van der Waals surface area contributed by atoms with E-state index in [9.17, 15) is 8.53 Å². The first kappa shape index (κ1) is 8.15. The maximum absolute atomic E-state index is 10.8. The molecule has 0 aromatic heterocycles. The van der Waals surface area contributed by atoms with Gasteiger partial charge in [0.1, 0.15) is 0 Å². The van der Waals surface area contributed by atoms with Gasteiger partial charge in [-0.1, -0.05) is 0 Å². The SMILES string of the molecule is O=[As]OC(=O)c1ccccc1. The number of hydrogen-bond acceptors (Lipinski definition) is 3. The number of rotatable bonds is 2. The Labute approximate surface area is 70.6 Å². The van der Waals surface area contributed by atoms with Crippen LogP contribution < -0.4 is 0 Å². The monoisotopic (exact) mass is 212 g/mol. The van der Waals surface area contributed by atoms with Crippen molar-refractivity contribution in [3.63, 3.8) is 0 Å². The third-order valence-corrected chi connectivity index (χ3v) is 1.63. The van der Waals surface area contributed by atoms with Gasteiger partial charge in [-0.15, -0.1) is 0 Å². The van der Waals surface area contributed by atoms with Gasteiger partial charge >= 0.3 is 70.2 Å². The molecule has 0 atom stereocenters. The third kappa shape index (κ3) is 2.28. The van der Waals surface area contributed by atoms with Crippen LogP contribution in [0.15, 0.2) is 30.3 Å². The maximum atomic E-state index is 10.8. The Bertz CT molecular complexity index is 258.